The van der Waals surface area contributed by atoms with E-state index in [-0.39, 0.29) is 38.2 Å². The Balaban J connectivity index is 2.02. The van der Waals surface area contributed by atoms with Crippen molar-refractivity contribution in [3.8, 4) is 23.5 Å². The number of hydrogen-bond donors (Lipinski definition) is 0. The van der Waals surface area contributed by atoms with Crippen LogP contribution < -0.4 is 10.7 Å². The van der Waals surface area contributed by atoms with Crippen LogP contribution in [0.3, 0.4) is 0 Å². The first-order valence-corrected chi connectivity index (χ1v) is 9.17. The average molecular weight is 494 g/mol. The zero-order valence-corrected chi connectivity index (χ0v) is 16.9. The molecule has 0 fully saturated rings. The van der Waals surface area contributed by atoms with Gasteiger partial charge >= 0.3 is 0 Å². The summed E-state index contributed by atoms with van der Waals surface area (Å²) in [7, 11) is 0. The maximum absolute atomic E-state index is 14.2. The summed E-state index contributed by atoms with van der Waals surface area (Å²) in [6.07, 6.45) is 0. The van der Waals surface area contributed by atoms with Crippen LogP contribution in [0.25, 0.3) is 17.0 Å². The molecule has 33 heavy (non-hydrogen) atoms. The van der Waals surface area contributed by atoms with Crippen molar-refractivity contribution in [2.24, 2.45) is 9.98 Å². The van der Waals surface area contributed by atoms with E-state index >= 15 is 0 Å². The van der Waals surface area contributed by atoms with Crippen molar-refractivity contribution in [3.63, 3.8) is 0 Å². The first-order chi connectivity index (χ1) is 15.7. The molecule has 0 spiro atoms. The Labute approximate surface area is 189 Å². The molecule has 1 aliphatic heterocycles. The lowest BCUT2D eigenvalue weighted by molar-refractivity contribution is 0.376. The fourth-order valence-corrected chi connectivity index (χ4v) is 3.29. The van der Waals surface area contributed by atoms with Crippen LogP contribution in [-0.2, 0) is 0 Å². The van der Waals surface area contributed by atoms with Gasteiger partial charge in [0.05, 0.1) is 16.5 Å². The van der Waals surface area contributed by atoms with E-state index in [0.717, 1.165) is 0 Å². The molecule has 1 aromatic heterocycles. The van der Waals surface area contributed by atoms with Crippen molar-refractivity contribution in [1.29, 1.82) is 10.5 Å². The first kappa shape index (κ1) is 22.2. The molecule has 0 amide bonds. The maximum atomic E-state index is 14.2. The summed E-state index contributed by atoms with van der Waals surface area (Å²) in [6.45, 7) is 0. The van der Waals surface area contributed by atoms with Gasteiger partial charge in [-0.15, -0.1) is 0 Å². The zero-order valence-electron chi connectivity index (χ0n) is 15.4. The monoisotopic (exact) mass is 493 g/mol. The Bertz CT molecular complexity index is 1570. The van der Waals surface area contributed by atoms with Gasteiger partial charge in [0.2, 0.25) is 16.4 Å². The van der Waals surface area contributed by atoms with E-state index in [2.05, 4.69) is 24.9 Å². The molecular weight excluding hydrogens is 492 g/mol. The van der Waals surface area contributed by atoms with E-state index in [9.17, 15) is 32.5 Å². The van der Waals surface area contributed by atoms with E-state index in [1.54, 1.807) is 0 Å². The largest absolute Gasteiger partial charge is 0.227 e. The zero-order chi connectivity index (χ0) is 24.0. The molecule has 0 saturated carbocycles. The van der Waals surface area contributed by atoms with Gasteiger partial charge in [0, 0.05) is 5.56 Å². The molecule has 14 heteroatoms. The van der Waals surface area contributed by atoms with Crippen molar-refractivity contribution in [2.75, 3.05) is 0 Å². The minimum absolute atomic E-state index is 0.0202. The summed E-state index contributed by atoms with van der Waals surface area (Å²) in [5.41, 5.74) is -2.63. The summed E-state index contributed by atoms with van der Waals surface area (Å²) < 4.78 is 69.1. The van der Waals surface area contributed by atoms with Crippen molar-refractivity contribution >= 4 is 28.8 Å². The highest BCUT2D eigenvalue weighted by atomic mass is 35.5. The van der Waals surface area contributed by atoms with Crippen LogP contribution in [0.1, 0.15) is 11.1 Å². The maximum Gasteiger partial charge on any atom is 0.227 e. The van der Waals surface area contributed by atoms with Crippen molar-refractivity contribution in [1.82, 2.24) is 15.0 Å². The normalized spacial score (nSPS) is 13.5. The lowest BCUT2D eigenvalue weighted by Crippen LogP contribution is -2.25. The van der Waals surface area contributed by atoms with Crippen molar-refractivity contribution < 1.29 is 22.0 Å². The van der Waals surface area contributed by atoms with E-state index in [4.69, 9.17) is 23.2 Å². The number of hydrogen-bond acceptors (Lipinski definition) is 7. The molecule has 0 unspecified atom stereocenters. The van der Waals surface area contributed by atoms with Gasteiger partial charge in [0.15, 0.2) is 34.9 Å². The van der Waals surface area contributed by atoms with Crippen LogP contribution in [0.2, 0.25) is 10.6 Å². The van der Waals surface area contributed by atoms with Gasteiger partial charge in [0.1, 0.15) is 23.1 Å². The Morgan fingerprint density at radius 1 is 0.788 bits per heavy atom. The van der Waals surface area contributed by atoms with Crippen LogP contribution in [0, 0.1) is 51.7 Å². The first-order valence-electron chi connectivity index (χ1n) is 8.42. The number of halogens is 7. The second kappa shape index (κ2) is 8.16. The molecule has 0 aliphatic carbocycles. The summed E-state index contributed by atoms with van der Waals surface area (Å²) >= 11 is 11.5. The van der Waals surface area contributed by atoms with E-state index in [1.807, 2.05) is 6.07 Å². The highest BCUT2D eigenvalue weighted by Gasteiger charge is 2.30. The Hall–Kier alpha value is -4.00. The number of nitrogens with zero attached hydrogens (tertiary/aromatic N) is 7. The molecular formula is C19H2Cl2F5N7. The summed E-state index contributed by atoms with van der Waals surface area (Å²) in [6, 6.07) is 5.84. The molecule has 0 atom stereocenters. The summed E-state index contributed by atoms with van der Waals surface area (Å²) in [5.74, 6) is -12.1. The second-order valence-electron chi connectivity index (χ2n) is 6.14. The molecule has 0 radical (unpaired) electrons. The Morgan fingerprint density at radius 2 is 1.36 bits per heavy atom. The quantitative estimate of drug-likeness (QED) is 0.234. The minimum Gasteiger partial charge on any atom is -0.226 e. The van der Waals surface area contributed by atoms with Gasteiger partial charge in [-0.05, 0) is 35.3 Å². The molecule has 0 N–H and O–H groups in total. The summed E-state index contributed by atoms with van der Waals surface area (Å²) in [5, 5.41) is 18.3. The van der Waals surface area contributed by atoms with Crippen LogP contribution >= 0.6 is 23.2 Å². The predicted octanol–water partition coefficient (Wildman–Crippen LogP) is 3.56. The van der Waals surface area contributed by atoms with Crippen LogP contribution in [0.15, 0.2) is 27.9 Å². The number of rotatable bonds is 2. The van der Waals surface area contributed by atoms with Crippen molar-refractivity contribution in [3.05, 3.63) is 79.4 Å². The van der Waals surface area contributed by atoms with Gasteiger partial charge in [-0.2, -0.15) is 25.5 Å². The smallest absolute Gasteiger partial charge is 0.226 e. The van der Waals surface area contributed by atoms with Crippen LogP contribution in [0.4, 0.5) is 22.0 Å². The SMILES string of the molecule is N#C/C(=C1\N=c2ccc(-c3nc(Cl)nc(Cl)n3)c(C#N)c2=N1)c1c(F)c(F)c(F)c(F)c1F. The molecule has 3 aromatic rings. The van der Waals surface area contributed by atoms with E-state index in [1.165, 1.54) is 18.2 Å². The topological polar surface area (TPSA) is 111 Å². The Morgan fingerprint density at radius 3 is 1.91 bits per heavy atom. The number of fused-ring (bicyclic) bond motifs is 1. The molecule has 1 aliphatic rings. The fraction of sp³-hybridized carbons (Fsp3) is 0. The fourth-order valence-electron chi connectivity index (χ4n) is 2.93. The summed E-state index contributed by atoms with van der Waals surface area (Å²) in [4.78, 5) is 19.1. The second-order valence-corrected chi connectivity index (χ2v) is 6.82. The number of nitriles is 2. The van der Waals surface area contributed by atoms with E-state index in [0.29, 0.717) is 0 Å². The molecule has 4 rings (SSSR count). The molecule has 2 heterocycles. The minimum atomic E-state index is -2.38. The van der Waals surface area contributed by atoms with Crippen LogP contribution in [0.5, 0.6) is 0 Å². The number of benzene rings is 2. The van der Waals surface area contributed by atoms with E-state index < -0.39 is 46.0 Å². The third-order valence-corrected chi connectivity index (χ3v) is 4.67. The molecule has 2 aromatic carbocycles. The van der Waals surface area contributed by atoms with Crippen molar-refractivity contribution in [2.45, 2.75) is 0 Å². The molecule has 162 valence electrons. The Kier molecular flexibility index (Phi) is 5.49. The highest BCUT2D eigenvalue weighted by Crippen LogP contribution is 2.31. The number of aromatic nitrogens is 3. The van der Waals surface area contributed by atoms with Gasteiger partial charge < -0.3 is 0 Å². The molecule has 0 bridgehead atoms. The predicted molar refractivity (Wildman–Crippen MR) is 101 cm³/mol. The molecule has 7 nitrogen and oxygen atoms in total. The number of allylic oxidation sites excluding steroid dienone is 1. The lowest BCUT2D eigenvalue weighted by atomic mass is 10.0. The van der Waals surface area contributed by atoms with Gasteiger partial charge in [-0.3, -0.25) is 0 Å². The van der Waals surface area contributed by atoms with Crippen LogP contribution in [-0.4, -0.2) is 15.0 Å². The van der Waals surface area contributed by atoms with Gasteiger partial charge in [-0.1, -0.05) is 0 Å². The van der Waals surface area contributed by atoms with Gasteiger partial charge in [-0.25, -0.2) is 31.9 Å². The average Bonchev–Trinajstić information content (AvgIpc) is 3.21. The van der Waals surface area contributed by atoms with Gasteiger partial charge in [0.25, 0.3) is 0 Å². The standard InChI is InChI=1S/C19H2Cl2F5N7/c20-18-31-16(32-19(21)33-18)5-1-2-8-15(6(5)3-27)30-17(29-8)7(4-28)9-10(22)12(24)14(26)13(25)11(9)23/h1-2H/b17-7-. The highest BCUT2D eigenvalue weighted by molar-refractivity contribution is 6.31. The molecule has 0 saturated heterocycles. The third kappa shape index (κ3) is 3.55. The third-order valence-electron chi connectivity index (χ3n) is 4.33. The lowest BCUT2D eigenvalue weighted by Gasteiger charge is -2.07.